The van der Waals surface area contributed by atoms with E-state index in [-0.39, 0.29) is 15.9 Å². The molecule has 0 radical (unpaired) electrons. The Morgan fingerprint density at radius 2 is 0.865 bits per heavy atom. The Labute approximate surface area is 215 Å². The smallest absolute Gasteiger partial charge is 0.318 e. The zero-order valence-corrected chi connectivity index (χ0v) is 23.3. The van der Waals surface area contributed by atoms with Gasteiger partial charge in [-0.15, -0.1) is 0 Å². The van der Waals surface area contributed by atoms with Crippen molar-refractivity contribution in [2.24, 2.45) is 0 Å². The van der Waals surface area contributed by atoms with Gasteiger partial charge in [0.2, 0.25) is 0 Å². The van der Waals surface area contributed by atoms with Gasteiger partial charge >= 0.3 is 12.4 Å². The summed E-state index contributed by atoms with van der Waals surface area (Å²) in [5.41, 5.74) is -2.01. The predicted octanol–water partition coefficient (Wildman–Crippen LogP) is 8.07. The Morgan fingerprint density at radius 1 is 0.541 bits per heavy atom. The van der Waals surface area contributed by atoms with Gasteiger partial charge in [0.05, 0.1) is 11.1 Å². The fourth-order valence-corrected chi connectivity index (χ4v) is 12.4. The van der Waals surface area contributed by atoms with E-state index in [0.29, 0.717) is 5.30 Å². The van der Waals surface area contributed by atoms with Crippen LogP contribution in [-0.4, -0.2) is 10.3 Å². The van der Waals surface area contributed by atoms with Gasteiger partial charge in [-0.3, -0.25) is 0 Å². The van der Waals surface area contributed by atoms with Crippen molar-refractivity contribution in [1.29, 1.82) is 0 Å². The number of benzene rings is 3. The number of alkyl halides is 6. The van der Waals surface area contributed by atoms with Crippen molar-refractivity contribution < 1.29 is 30.9 Å². The van der Waals surface area contributed by atoms with Crippen LogP contribution in [0.4, 0.5) is 26.3 Å². The highest BCUT2D eigenvalue weighted by Gasteiger charge is 2.50. The van der Waals surface area contributed by atoms with Crippen molar-refractivity contribution in [2.75, 3.05) is 0 Å². The van der Waals surface area contributed by atoms with Crippen LogP contribution in [-0.2, 0) is 16.9 Å². The van der Waals surface area contributed by atoms with E-state index >= 15 is 0 Å². The zero-order valence-electron chi connectivity index (χ0n) is 21.5. The van der Waals surface area contributed by atoms with E-state index < -0.39 is 48.9 Å². The monoisotopic (exact) mass is 558 g/mol. The molecule has 3 aromatic carbocycles. The van der Waals surface area contributed by atoms with Crippen LogP contribution in [0.5, 0.6) is 0 Å². The van der Waals surface area contributed by atoms with Crippen molar-refractivity contribution >= 4 is 36.3 Å². The van der Waals surface area contributed by atoms with E-state index in [4.69, 9.17) is 0 Å². The molecule has 37 heavy (non-hydrogen) atoms. The summed E-state index contributed by atoms with van der Waals surface area (Å²) in [6, 6.07) is 15.8. The Morgan fingerprint density at radius 3 is 1.22 bits per heavy atom. The summed E-state index contributed by atoms with van der Waals surface area (Å²) in [7, 11) is -5.84. The molecule has 0 fully saturated rings. The van der Waals surface area contributed by atoms with Crippen LogP contribution in [0.3, 0.4) is 0 Å². The van der Waals surface area contributed by atoms with Gasteiger partial charge < -0.3 is 4.57 Å². The molecule has 0 aromatic heterocycles. The molecule has 1 nitrogen and oxygen atoms in total. The van der Waals surface area contributed by atoms with Crippen LogP contribution in [0.25, 0.3) is 0 Å². The molecule has 0 N–H and O–H groups in total. The molecular weight excluding hydrogens is 528 g/mol. The summed E-state index contributed by atoms with van der Waals surface area (Å²) in [6.07, 6.45) is -9.59. The van der Waals surface area contributed by atoms with Gasteiger partial charge in [-0.25, -0.2) is 0 Å². The third-order valence-electron chi connectivity index (χ3n) is 6.25. The van der Waals surface area contributed by atoms with E-state index in [1.807, 2.05) is 0 Å². The van der Waals surface area contributed by atoms with Gasteiger partial charge in [0.15, 0.2) is 0 Å². The number of hydrogen-bond donors (Lipinski definition) is 0. The Hall–Kier alpha value is -2.10. The maximum Gasteiger partial charge on any atom is 0.417 e. The van der Waals surface area contributed by atoms with Crippen molar-refractivity contribution in [1.82, 2.24) is 0 Å². The lowest BCUT2D eigenvalue weighted by atomic mass is 10.2. The maximum absolute atomic E-state index is 15.0. The number of halogens is 6. The zero-order chi connectivity index (χ0) is 28.0. The second-order valence-corrected chi connectivity index (χ2v) is 17.3. The van der Waals surface area contributed by atoms with Crippen molar-refractivity contribution in [3.8, 4) is 0 Å². The first kappa shape index (κ1) is 29.5. The summed E-state index contributed by atoms with van der Waals surface area (Å²) in [5, 5.41) is -1.59. The van der Waals surface area contributed by atoms with E-state index in [2.05, 4.69) is 0 Å². The van der Waals surface area contributed by atoms with Crippen molar-refractivity contribution in [2.45, 2.75) is 64.2 Å². The highest BCUT2D eigenvalue weighted by Crippen LogP contribution is 2.66. The van der Waals surface area contributed by atoms with Gasteiger partial charge in [-0.2, -0.15) is 26.3 Å². The highest BCUT2D eigenvalue weighted by atomic mass is 31.2. The maximum atomic E-state index is 15.0. The van der Waals surface area contributed by atoms with E-state index in [0.717, 1.165) is 12.1 Å². The molecule has 0 atom stereocenters. The predicted molar refractivity (Wildman–Crippen MR) is 142 cm³/mol. The van der Waals surface area contributed by atoms with Crippen LogP contribution < -0.4 is 21.2 Å². The average molecular weight is 558 g/mol. The third-order valence-corrected chi connectivity index (χ3v) is 13.9. The summed E-state index contributed by atoms with van der Waals surface area (Å²) in [4.78, 5) is 0. The Kier molecular flexibility index (Phi) is 7.88. The van der Waals surface area contributed by atoms with Gasteiger partial charge in [0.1, 0.15) is 7.14 Å². The van der Waals surface area contributed by atoms with Gasteiger partial charge in [0, 0.05) is 15.6 Å². The van der Waals surface area contributed by atoms with E-state index in [9.17, 15) is 30.9 Å². The number of rotatable bonds is 4. The molecule has 3 aromatic rings. The third kappa shape index (κ3) is 5.54. The Bertz CT molecular complexity index is 1240. The second-order valence-electron chi connectivity index (χ2n) is 10.8. The van der Waals surface area contributed by atoms with Crippen LogP contribution >= 0.6 is 15.1 Å². The lowest BCUT2D eigenvalue weighted by Gasteiger charge is -2.43. The minimum Gasteiger partial charge on any atom is -0.318 e. The highest BCUT2D eigenvalue weighted by molar-refractivity contribution is 7.83. The number of hydrogen-bond acceptors (Lipinski definition) is 1. The van der Waals surface area contributed by atoms with Crippen LogP contribution in [0.15, 0.2) is 72.8 Å². The molecule has 0 aliphatic carbocycles. The van der Waals surface area contributed by atoms with Crippen molar-refractivity contribution in [3.05, 3.63) is 83.9 Å². The standard InChI is InChI=1S/C28H30F6OP2/c1-25(2,3)37(35,26(4,5)6)24-18-12-11-17-23(24)36(21-15-9-7-13-19(21)27(29,30)31)22-16-10-8-14-20(22)28(32,33)34/h7-18H,1-6H3. The van der Waals surface area contributed by atoms with Gasteiger partial charge in [-0.05, 0) is 36.0 Å². The molecular formula is C28H30F6OP2. The SMILES string of the molecule is CC(C)(C)P(=O)(c1ccccc1P(c1ccccc1C(F)(F)F)c1ccccc1C(F)(F)F)C(C)(C)C. The summed E-state index contributed by atoms with van der Waals surface area (Å²) in [5.74, 6) is 0. The summed E-state index contributed by atoms with van der Waals surface area (Å²) in [6.45, 7) is 10.8. The minimum absolute atomic E-state index is 0.235. The van der Waals surface area contributed by atoms with E-state index in [1.54, 1.807) is 59.7 Å². The first-order valence-electron chi connectivity index (χ1n) is 11.6. The molecule has 0 spiro atoms. The summed E-state index contributed by atoms with van der Waals surface area (Å²) < 4.78 is 100. The fourth-order valence-electron chi connectivity index (χ4n) is 4.85. The quantitative estimate of drug-likeness (QED) is 0.234. The molecule has 0 heterocycles. The average Bonchev–Trinajstić information content (AvgIpc) is 2.77. The molecule has 0 bridgehead atoms. The lowest BCUT2D eigenvalue weighted by molar-refractivity contribution is -0.137. The molecule has 0 aliphatic rings. The van der Waals surface area contributed by atoms with Crippen molar-refractivity contribution in [3.63, 3.8) is 0 Å². The molecule has 0 amide bonds. The summed E-state index contributed by atoms with van der Waals surface area (Å²) >= 11 is 0. The van der Waals surface area contributed by atoms with Gasteiger partial charge in [-0.1, -0.05) is 102 Å². The van der Waals surface area contributed by atoms with E-state index in [1.165, 1.54) is 42.5 Å². The molecule has 0 saturated heterocycles. The lowest BCUT2D eigenvalue weighted by Crippen LogP contribution is -2.42. The molecule has 0 unspecified atom stereocenters. The Balaban J connectivity index is 2.55. The fraction of sp³-hybridized carbons (Fsp3) is 0.357. The van der Waals surface area contributed by atoms with Gasteiger partial charge in [0.25, 0.3) is 0 Å². The second kappa shape index (κ2) is 9.89. The largest absolute Gasteiger partial charge is 0.417 e. The molecule has 9 heteroatoms. The normalized spacial score (nSPS) is 13.8. The van der Waals surface area contributed by atoms with Crippen LogP contribution in [0, 0.1) is 0 Å². The molecule has 200 valence electrons. The topological polar surface area (TPSA) is 17.1 Å². The molecule has 0 aliphatic heterocycles. The molecule has 0 saturated carbocycles. The first-order valence-corrected chi connectivity index (χ1v) is 14.7. The minimum atomic E-state index is -4.79. The first-order chi connectivity index (χ1) is 16.8. The van der Waals surface area contributed by atoms with Crippen LogP contribution in [0.1, 0.15) is 52.7 Å². The van der Waals surface area contributed by atoms with Crippen LogP contribution in [0.2, 0.25) is 0 Å². The molecule has 3 rings (SSSR count).